The van der Waals surface area contributed by atoms with E-state index in [1.54, 1.807) is 11.9 Å². The fourth-order valence-electron chi connectivity index (χ4n) is 6.31. The van der Waals surface area contributed by atoms with Crippen LogP contribution >= 0.6 is 9.03 Å². The van der Waals surface area contributed by atoms with Crippen LogP contribution in [0.1, 0.15) is 70.2 Å². The fraction of sp³-hybridized carbons (Fsp3) is 0.463. The molecule has 0 saturated carbocycles. The minimum absolute atomic E-state index is 0.0350. The third kappa shape index (κ3) is 11.5. The first-order valence-electron chi connectivity index (χ1n) is 18.8. The van der Waals surface area contributed by atoms with Crippen LogP contribution in [0, 0.1) is 11.3 Å². The molecule has 284 valence electrons. The molecule has 0 radical (unpaired) electrons. The summed E-state index contributed by atoms with van der Waals surface area (Å²) in [5, 5.41) is 13.3. The third-order valence-electron chi connectivity index (χ3n) is 9.26. The van der Waals surface area contributed by atoms with Gasteiger partial charge in [0.1, 0.15) is 31.0 Å². The highest BCUT2D eigenvalue weighted by atomic mass is 31.1. The number of alkyl carbamates (subject to hydrolysis) is 1. The van der Waals surface area contributed by atoms with E-state index >= 15 is 0 Å². The summed E-state index contributed by atoms with van der Waals surface area (Å²) in [6.45, 7) is 13.9. The van der Waals surface area contributed by atoms with E-state index in [1.165, 1.54) is 0 Å². The summed E-state index contributed by atoms with van der Waals surface area (Å²) in [5.41, 5.74) is 5.09. The predicted molar refractivity (Wildman–Crippen MR) is 213 cm³/mol. The summed E-state index contributed by atoms with van der Waals surface area (Å²) in [5.74, 6) is 0.594. The monoisotopic (exact) mass is 744 g/mol. The SMILES string of the molecule is CCN(CC)c1ccc2c(-c3ccccc3C(=O)N(C)CCOC(=O)NCCCCCCOPOCCC#N)c3ccc(=[N+](CC)CC)cc-3oc2c1. The van der Waals surface area contributed by atoms with E-state index in [4.69, 9.17) is 23.5 Å². The second-order valence-electron chi connectivity index (χ2n) is 12.6. The largest absolute Gasteiger partial charge is 0.456 e. The van der Waals surface area contributed by atoms with E-state index in [-0.39, 0.29) is 28.1 Å². The average molecular weight is 745 g/mol. The number of nitrogens with zero attached hydrogens (tertiary/aromatic N) is 4. The van der Waals surface area contributed by atoms with Gasteiger partial charge in [0.15, 0.2) is 9.03 Å². The van der Waals surface area contributed by atoms with Gasteiger partial charge in [-0.15, -0.1) is 0 Å². The van der Waals surface area contributed by atoms with Crippen molar-refractivity contribution in [1.82, 2.24) is 14.8 Å². The molecular weight excluding hydrogens is 689 g/mol. The highest BCUT2D eigenvalue weighted by molar-refractivity contribution is 7.26. The summed E-state index contributed by atoms with van der Waals surface area (Å²) in [6, 6.07) is 22.4. The second kappa shape index (κ2) is 21.9. The molecule has 1 N–H and O–H groups in total. The molecule has 0 saturated heterocycles. The van der Waals surface area contributed by atoms with E-state index in [0.717, 1.165) is 96.3 Å². The zero-order chi connectivity index (χ0) is 38.0. The lowest BCUT2D eigenvalue weighted by molar-refractivity contribution is 0.0745. The zero-order valence-electron chi connectivity index (χ0n) is 31.9. The van der Waals surface area contributed by atoms with Crippen molar-refractivity contribution in [2.45, 2.75) is 59.8 Å². The summed E-state index contributed by atoms with van der Waals surface area (Å²) in [6.07, 6.45) is 3.54. The van der Waals surface area contributed by atoms with Gasteiger partial charge in [0, 0.05) is 66.6 Å². The topological polar surface area (TPSA) is 120 Å². The van der Waals surface area contributed by atoms with Crippen molar-refractivity contribution >= 4 is 37.7 Å². The Hall–Kier alpha value is -4.49. The van der Waals surface area contributed by atoms with Crippen LogP contribution in [0.15, 0.2) is 65.1 Å². The van der Waals surface area contributed by atoms with Gasteiger partial charge in [-0.2, -0.15) is 5.26 Å². The van der Waals surface area contributed by atoms with Gasteiger partial charge in [-0.05, 0) is 70.4 Å². The van der Waals surface area contributed by atoms with Crippen LogP contribution in [0.5, 0.6) is 0 Å². The smallest absolute Gasteiger partial charge is 0.407 e. The average Bonchev–Trinajstić information content (AvgIpc) is 3.18. The first-order chi connectivity index (χ1) is 25.9. The first-order valence-corrected chi connectivity index (χ1v) is 19.6. The molecule has 53 heavy (non-hydrogen) atoms. The van der Waals surface area contributed by atoms with Crippen molar-refractivity contribution in [3.8, 4) is 28.5 Å². The van der Waals surface area contributed by atoms with Gasteiger partial charge in [0.05, 0.1) is 38.3 Å². The molecule has 2 aromatic carbocycles. The summed E-state index contributed by atoms with van der Waals surface area (Å²) >= 11 is 0. The molecule has 0 aromatic heterocycles. The molecule has 11 nitrogen and oxygen atoms in total. The molecule has 2 amide bonds. The maximum atomic E-state index is 14.0. The molecule has 12 heteroatoms. The number of hydrogen-bond acceptors (Lipinski definition) is 8. The number of anilines is 1. The molecule has 0 fully saturated rings. The van der Waals surface area contributed by atoms with Gasteiger partial charge in [-0.3, -0.25) is 4.79 Å². The van der Waals surface area contributed by atoms with Gasteiger partial charge >= 0.3 is 6.09 Å². The minimum atomic E-state index is -0.496. The molecule has 1 heterocycles. The predicted octanol–water partition coefficient (Wildman–Crippen LogP) is 7.68. The molecule has 0 bridgehead atoms. The Morgan fingerprint density at radius 2 is 1.64 bits per heavy atom. The van der Waals surface area contributed by atoms with Crippen LogP contribution in [0.25, 0.3) is 33.4 Å². The van der Waals surface area contributed by atoms with E-state index in [2.05, 4.69) is 78.9 Å². The van der Waals surface area contributed by atoms with Crippen molar-refractivity contribution in [2.24, 2.45) is 0 Å². The lowest BCUT2D eigenvalue weighted by Gasteiger charge is -2.23. The van der Waals surface area contributed by atoms with Crippen LogP contribution < -0.4 is 20.1 Å². The highest BCUT2D eigenvalue weighted by Gasteiger charge is 2.24. The number of carbonyl (C=O) groups excluding carboxylic acids is 2. The number of nitriles is 1. The Kier molecular flexibility index (Phi) is 17.0. The minimum Gasteiger partial charge on any atom is -0.456 e. The molecule has 4 rings (SSSR count). The quantitative estimate of drug-likeness (QED) is 0.0400. The van der Waals surface area contributed by atoms with E-state index in [1.807, 2.05) is 30.3 Å². The van der Waals surface area contributed by atoms with Gasteiger partial charge in [-0.1, -0.05) is 31.0 Å². The van der Waals surface area contributed by atoms with Crippen LogP contribution in [0.2, 0.25) is 0 Å². The Balaban J connectivity index is 1.44. The molecule has 2 aromatic rings. The normalized spacial score (nSPS) is 11.2. The zero-order valence-corrected chi connectivity index (χ0v) is 32.9. The van der Waals surface area contributed by atoms with E-state index < -0.39 is 6.09 Å². The Bertz CT molecular complexity index is 1860. The molecular formula is C41H55N5O6P+. The van der Waals surface area contributed by atoms with Crippen LogP contribution in [0.3, 0.4) is 0 Å². The number of ether oxygens (including phenoxy) is 1. The lowest BCUT2D eigenvalue weighted by atomic mass is 9.90. The molecule has 1 atom stereocenters. The van der Waals surface area contributed by atoms with Gasteiger partial charge in [-0.25, -0.2) is 9.37 Å². The van der Waals surface area contributed by atoms with Crippen molar-refractivity contribution < 1.29 is 27.8 Å². The number of fused-ring (bicyclic) bond motifs is 2. The number of amides is 2. The first kappa shape index (κ1) is 41.3. The molecule has 2 aliphatic rings. The lowest BCUT2D eigenvalue weighted by Crippen LogP contribution is -2.33. The summed E-state index contributed by atoms with van der Waals surface area (Å²) in [7, 11) is 1.69. The maximum absolute atomic E-state index is 14.0. The number of rotatable bonds is 21. The highest BCUT2D eigenvalue weighted by Crippen LogP contribution is 2.42. The van der Waals surface area contributed by atoms with Crippen molar-refractivity contribution in [3.05, 3.63) is 71.6 Å². The van der Waals surface area contributed by atoms with Gasteiger partial charge in [0.2, 0.25) is 5.36 Å². The van der Waals surface area contributed by atoms with E-state index in [0.29, 0.717) is 31.7 Å². The summed E-state index contributed by atoms with van der Waals surface area (Å²) < 4.78 is 25.0. The van der Waals surface area contributed by atoms with Gasteiger partial charge in [0.25, 0.3) is 5.91 Å². The van der Waals surface area contributed by atoms with E-state index in [9.17, 15) is 9.59 Å². The van der Waals surface area contributed by atoms with Crippen LogP contribution in [-0.4, -0.2) is 83.0 Å². The summed E-state index contributed by atoms with van der Waals surface area (Å²) in [4.78, 5) is 30.3. The molecule has 1 aliphatic heterocycles. The van der Waals surface area contributed by atoms with Crippen LogP contribution in [-0.2, 0) is 13.8 Å². The number of likely N-dealkylation sites (N-methyl/N-ethyl adjacent to an activating group) is 1. The maximum Gasteiger partial charge on any atom is 0.407 e. The van der Waals surface area contributed by atoms with Gasteiger partial charge < -0.3 is 33.3 Å². The number of carbonyl (C=O) groups is 2. The van der Waals surface area contributed by atoms with Crippen molar-refractivity contribution in [2.75, 3.05) is 71.0 Å². The number of unbranched alkanes of at least 4 members (excludes halogenated alkanes) is 3. The number of hydrogen-bond donors (Lipinski definition) is 1. The Labute approximate surface area is 315 Å². The second-order valence-corrected chi connectivity index (χ2v) is 13.4. The Morgan fingerprint density at radius 3 is 2.40 bits per heavy atom. The molecule has 1 unspecified atom stereocenters. The van der Waals surface area contributed by atoms with Crippen molar-refractivity contribution in [1.29, 1.82) is 5.26 Å². The Morgan fingerprint density at radius 1 is 0.887 bits per heavy atom. The molecule has 1 aliphatic carbocycles. The van der Waals surface area contributed by atoms with Crippen molar-refractivity contribution in [3.63, 3.8) is 0 Å². The standard InChI is InChI=1S/C41H54N5O6P/c1-6-45(7-2)31-19-21-35-37(29-31)52-38-30-32(46(8-3)9-4)20-22-36(38)39(35)33-17-12-13-18-34(33)40(47)44(5)25-28-49-41(48)43-24-14-10-11-15-26-50-53-51-27-16-23-42/h12-13,17-22,29-30,53H,6-11,14-16,24-28H2,1-5H3/p+1. The molecule has 0 spiro atoms. The fourth-order valence-corrected chi connectivity index (χ4v) is 6.81. The number of nitrogens with one attached hydrogen (secondary N) is 1. The third-order valence-corrected chi connectivity index (χ3v) is 9.90. The van der Waals surface area contributed by atoms with Crippen LogP contribution in [0.4, 0.5) is 10.5 Å². The number of benzene rings is 3.